The summed E-state index contributed by atoms with van der Waals surface area (Å²) in [6.45, 7) is 0. The predicted molar refractivity (Wildman–Crippen MR) is 74.0 cm³/mol. The molecule has 1 heterocycles. The number of benzene rings is 1. The number of para-hydroxylation sites is 2. The second-order valence-corrected chi connectivity index (χ2v) is 5.33. The normalized spacial score (nSPS) is 18.4. The molecule has 6 nitrogen and oxygen atoms in total. The fourth-order valence-electron chi connectivity index (χ4n) is 1.97. The van der Waals surface area contributed by atoms with E-state index in [2.05, 4.69) is 0 Å². The van der Waals surface area contributed by atoms with Crippen molar-refractivity contribution in [2.75, 3.05) is 17.8 Å². The highest BCUT2D eigenvalue weighted by Crippen LogP contribution is 2.34. The molecule has 0 saturated carbocycles. The molecule has 106 valence electrons. The van der Waals surface area contributed by atoms with Gasteiger partial charge in [0.25, 0.3) is 0 Å². The summed E-state index contributed by atoms with van der Waals surface area (Å²) in [4.78, 5) is 35.8. The molecule has 1 atom stereocenters. The van der Waals surface area contributed by atoms with Crippen molar-refractivity contribution in [3.05, 3.63) is 24.3 Å². The number of aliphatic carboxylic acids is 1. The third kappa shape index (κ3) is 2.77. The summed E-state index contributed by atoms with van der Waals surface area (Å²) >= 11 is 0.963. The SMILES string of the molecule is COc1ccccc1N1C(=O)CC(SCC(=O)O)C1=O. The topological polar surface area (TPSA) is 83.9 Å². The number of nitrogens with zero attached hydrogens (tertiary/aromatic N) is 1. The van der Waals surface area contributed by atoms with Crippen LogP contribution in [0.25, 0.3) is 0 Å². The van der Waals surface area contributed by atoms with Crippen LogP contribution in [0, 0.1) is 0 Å². The van der Waals surface area contributed by atoms with Crippen LogP contribution in [0.4, 0.5) is 5.69 Å². The number of carboxylic acid groups (broad SMARTS) is 1. The van der Waals surface area contributed by atoms with Gasteiger partial charge >= 0.3 is 5.97 Å². The van der Waals surface area contributed by atoms with Gasteiger partial charge in [-0.15, -0.1) is 11.8 Å². The van der Waals surface area contributed by atoms with Crippen LogP contribution in [0.1, 0.15) is 6.42 Å². The largest absolute Gasteiger partial charge is 0.495 e. The van der Waals surface area contributed by atoms with Gasteiger partial charge in [0, 0.05) is 6.42 Å². The number of ether oxygens (including phenoxy) is 1. The standard InChI is InChI=1S/C13H13NO5S/c1-19-9-5-3-2-4-8(9)14-11(15)6-10(13(14)18)20-7-12(16)17/h2-5,10H,6-7H2,1H3,(H,16,17). The van der Waals surface area contributed by atoms with Crippen LogP contribution in [0.15, 0.2) is 24.3 Å². The monoisotopic (exact) mass is 295 g/mol. The van der Waals surface area contributed by atoms with Gasteiger partial charge in [-0.3, -0.25) is 14.4 Å². The van der Waals surface area contributed by atoms with Gasteiger partial charge in [0.05, 0.1) is 23.8 Å². The number of amides is 2. The van der Waals surface area contributed by atoms with Gasteiger partial charge < -0.3 is 9.84 Å². The van der Waals surface area contributed by atoms with E-state index in [1.165, 1.54) is 7.11 Å². The van der Waals surface area contributed by atoms with Crippen molar-refractivity contribution in [1.82, 2.24) is 0 Å². The Morgan fingerprint density at radius 2 is 2.15 bits per heavy atom. The van der Waals surface area contributed by atoms with E-state index in [1.54, 1.807) is 24.3 Å². The molecule has 1 saturated heterocycles. The number of hydrogen-bond donors (Lipinski definition) is 1. The van der Waals surface area contributed by atoms with Crippen LogP contribution >= 0.6 is 11.8 Å². The lowest BCUT2D eigenvalue weighted by Gasteiger charge is -2.17. The minimum Gasteiger partial charge on any atom is -0.495 e. The number of thioether (sulfide) groups is 1. The van der Waals surface area contributed by atoms with Crippen molar-refractivity contribution in [2.24, 2.45) is 0 Å². The Bertz CT molecular complexity index is 559. The first-order valence-electron chi connectivity index (χ1n) is 5.87. The highest BCUT2D eigenvalue weighted by Gasteiger charge is 2.41. The molecule has 2 amide bonds. The summed E-state index contributed by atoms with van der Waals surface area (Å²) in [6, 6.07) is 6.73. The molecule has 1 aromatic carbocycles. The van der Waals surface area contributed by atoms with Gasteiger partial charge in [0.15, 0.2) is 0 Å². The average Bonchev–Trinajstić information content (AvgIpc) is 2.71. The maximum absolute atomic E-state index is 12.2. The van der Waals surface area contributed by atoms with E-state index < -0.39 is 17.1 Å². The van der Waals surface area contributed by atoms with E-state index in [0.29, 0.717) is 11.4 Å². The summed E-state index contributed by atoms with van der Waals surface area (Å²) in [5.41, 5.74) is 0.392. The molecule has 1 fully saturated rings. The zero-order chi connectivity index (χ0) is 14.7. The van der Waals surface area contributed by atoms with Crippen molar-refractivity contribution in [3.8, 4) is 5.75 Å². The van der Waals surface area contributed by atoms with Gasteiger partial charge in [-0.05, 0) is 12.1 Å². The third-order valence-corrected chi connectivity index (χ3v) is 4.02. The highest BCUT2D eigenvalue weighted by atomic mass is 32.2. The Morgan fingerprint density at radius 1 is 1.45 bits per heavy atom. The zero-order valence-electron chi connectivity index (χ0n) is 10.7. The molecule has 7 heteroatoms. The van der Waals surface area contributed by atoms with Crippen molar-refractivity contribution in [1.29, 1.82) is 0 Å². The Labute approximate surface area is 119 Å². The molecule has 1 aliphatic rings. The lowest BCUT2D eigenvalue weighted by molar-refractivity contribution is -0.134. The number of carbonyl (C=O) groups is 3. The molecule has 20 heavy (non-hydrogen) atoms. The molecule has 1 N–H and O–H groups in total. The molecule has 0 bridgehead atoms. The van der Waals surface area contributed by atoms with Crippen LogP contribution in [0.5, 0.6) is 5.75 Å². The second kappa shape index (κ2) is 5.96. The Hall–Kier alpha value is -2.02. The number of carboxylic acids is 1. The van der Waals surface area contributed by atoms with Crippen molar-refractivity contribution in [3.63, 3.8) is 0 Å². The van der Waals surface area contributed by atoms with Crippen molar-refractivity contribution in [2.45, 2.75) is 11.7 Å². The maximum atomic E-state index is 12.2. The van der Waals surface area contributed by atoms with Gasteiger partial charge in [-0.1, -0.05) is 12.1 Å². The number of methoxy groups -OCH3 is 1. The summed E-state index contributed by atoms with van der Waals surface area (Å²) in [7, 11) is 1.46. The molecule has 1 aliphatic heterocycles. The van der Waals surface area contributed by atoms with E-state index in [-0.39, 0.29) is 18.1 Å². The summed E-state index contributed by atoms with van der Waals surface area (Å²) in [5.74, 6) is -1.53. The number of rotatable bonds is 5. The quantitative estimate of drug-likeness (QED) is 0.820. The molecular weight excluding hydrogens is 282 g/mol. The fourth-order valence-corrected chi connectivity index (χ4v) is 2.83. The van der Waals surface area contributed by atoms with Crippen molar-refractivity contribution < 1.29 is 24.2 Å². The number of hydrogen-bond acceptors (Lipinski definition) is 5. The van der Waals surface area contributed by atoms with Crippen LogP contribution < -0.4 is 9.64 Å². The summed E-state index contributed by atoms with van der Waals surface area (Å²) < 4.78 is 5.14. The van der Waals surface area contributed by atoms with Crippen LogP contribution in [0.2, 0.25) is 0 Å². The van der Waals surface area contributed by atoms with Crippen LogP contribution in [-0.2, 0) is 14.4 Å². The van der Waals surface area contributed by atoms with E-state index in [9.17, 15) is 14.4 Å². The molecule has 1 aromatic rings. The maximum Gasteiger partial charge on any atom is 0.313 e. The van der Waals surface area contributed by atoms with Crippen molar-refractivity contribution >= 4 is 35.2 Å². The predicted octanol–water partition coefficient (Wildman–Crippen LogP) is 1.14. The van der Waals surface area contributed by atoms with Crippen LogP contribution in [0.3, 0.4) is 0 Å². The zero-order valence-corrected chi connectivity index (χ0v) is 11.6. The minimum absolute atomic E-state index is 0.00876. The smallest absolute Gasteiger partial charge is 0.313 e. The summed E-state index contributed by atoms with van der Waals surface area (Å²) in [5, 5.41) is 7.99. The molecular formula is C13H13NO5S. The lowest BCUT2D eigenvalue weighted by Crippen LogP contribution is -2.31. The Kier molecular flexibility index (Phi) is 4.29. The third-order valence-electron chi connectivity index (χ3n) is 2.84. The first-order valence-corrected chi connectivity index (χ1v) is 6.92. The molecule has 0 aliphatic carbocycles. The number of carbonyl (C=O) groups excluding carboxylic acids is 2. The molecule has 0 aromatic heterocycles. The molecule has 2 rings (SSSR count). The minimum atomic E-state index is -1.01. The average molecular weight is 295 g/mol. The highest BCUT2D eigenvalue weighted by molar-refractivity contribution is 8.01. The molecule has 0 spiro atoms. The van der Waals surface area contributed by atoms with Gasteiger partial charge in [-0.2, -0.15) is 0 Å². The van der Waals surface area contributed by atoms with Crippen LogP contribution in [-0.4, -0.2) is 41.0 Å². The fraction of sp³-hybridized carbons (Fsp3) is 0.308. The van der Waals surface area contributed by atoms with Gasteiger partial charge in [0.2, 0.25) is 11.8 Å². The van der Waals surface area contributed by atoms with Gasteiger partial charge in [-0.25, -0.2) is 4.90 Å². The first kappa shape index (κ1) is 14.4. The molecule has 1 unspecified atom stereocenters. The summed E-state index contributed by atoms with van der Waals surface area (Å²) in [6.07, 6.45) is 0.00876. The number of imide groups is 1. The Balaban J connectivity index is 2.22. The van der Waals surface area contributed by atoms with E-state index in [4.69, 9.17) is 9.84 Å². The van der Waals surface area contributed by atoms with Gasteiger partial charge in [0.1, 0.15) is 5.75 Å². The van der Waals surface area contributed by atoms with E-state index in [0.717, 1.165) is 16.7 Å². The van der Waals surface area contributed by atoms with E-state index >= 15 is 0 Å². The van der Waals surface area contributed by atoms with E-state index in [1.807, 2.05) is 0 Å². The number of anilines is 1. The Morgan fingerprint density at radius 3 is 2.80 bits per heavy atom. The first-order chi connectivity index (χ1) is 9.54. The lowest BCUT2D eigenvalue weighted by atomic mass is 10.2. The second-order valence-electron chi connectivity index (χ2n) is 4.14. The molecule has 0 radical (unpaired) electrons.